The second-order valence-electron chi connectivity index (χ2n) is 6.46. The van der Waals surface area contributed by atoms with Gasteiger partial charge in [-0.25, -0.2) is 0 Å². The zero-order valence-corrected chi connectivity index (χ0v) is 16.0. The molecule has 0 aliphatic rings. The van der Waals surface area contributed by atoms with Crippen molar-refractivity contribution in [1.82, 2.24) is 4.90 Å². The molecule has 2 rings (SSSR count). The maximum Gasteiger partial charge on any atom is 0.161 e. The minimum Gasteiger partial charge on any atom is -0.493 e. The molecule has 6 nitrogen and oxygen atoms in total. The second-order valence-corrected chi connectivity index (χ2v) is 6.46. The van der Waals surface area contributed by atoms with Crippen LogP contribution in [0.3, 0.4) is 0 Å². The zero-order valence-electron chi connectivity index (χ0n) is 16.0. The van der Waals surface area contributed by atoms with E-state index in [4.69, 9.17) is 18.6 Å². The molecule has 0 amide bonds. The van der Waals surface area contributed by atoms with E-state index in [1.54, 1.807) is 20.5 Å². The Morgan fingerprint density at radius 3 is 2.50 bits per heavy atom. The van der Waals surface area contributed by atoms with Gasteiger partial charge in [0.2, 0.25) is 0 Å². The third-order valence-corrected chi connectivity index (χ3v) is 4.14. The molecule has 1 aromatic heterocycles. The number of aliphatic hydroxyl groups excluding tert-OH is 1. The molecule has 2 aromatic rings. The van der Waals surface area contributed by atoms with E-state index in [2.05, 4.69) is 18.7 Å². The van der Waals surface area contributed by atoms with Crippen LogP contribution in [0.1, 0.15) is 25.2 Å². The van der Waals surface area contributed by atoms with Crippen molar-refractivity contribution in [3.63, 3.8) is 0 Å². The maximum atomic E-state index is 10.3. The summed E-state index contributed by atoms with van der Waals surface area (Å²) in [5.74, 6) is 2.16. The van der Waals surface area contributed by atoms with E-state index in [0.29, 0.717) is 31.2 Å². The smallest absolute Gasteiger partial charge is 0.161 e. The lowest BCUT2D eigenvalue weighted by Gasteiger charge is -2.29. The van der Waals surface area contributed by atoms with Crippen LogP contribution in [0.2, 0.25) is 0 Å². The van der Waals surface area contributed by atoms with Crippen LogP contribution in [0, 0.1) is 0 Å². The van der Waals surface area contributed by atoms with Gasteiger partial charge < -0.3 is 23.7 Å². The molecule has 0 aliphatic carbocycles. The number of aliphatic hydroxyl groups is 1. The van der Waals surface area contributed by atoms with Crippen molar-refractivity contribution in [2.24, 2.45) is 0 Å². The van der Waals surface area contributed by atoms with E-state index in [1.165, 1.54) is 0 Å². The van der Waals surface area contributed by atoms with E-state index in [-0.39, 0.29) is 12.6 Å². The van der Waals surface area contributed by atoms with Gasteiger partial charge >= 0.3 is 0 Å². The van der Waals surface area contributed by atoms with Gasteiger partial charge in [0.25, 0.3) is 0 Å². The minimum absolute atomic E-state index is 0.260. The fourth-order valence-electron chi connectivity index (χ4n) is 2.69. The van der Waals surface area contributed by atoms with Gasteiger partial charge in [-0.2, -0.15) is 0 Å². The van der Waals surface area contributed by atoms with Crippen LogP contribution in [-0.4, -0.2) is 49.5 Å². The van der Waals surface area contributed by atoms with Gasteiger partial charge in [0, 0.05) is 19.1 Å². The van der Waals surface area contributed by atoms with Crippen LogP contribution in [0.5, 0.6) is 11.5 Å². The lowest BCUT2D eigenvalue weighted by molar-refractivity contribution is -0.00116. The Balaban J connectivity index is 1.89. The van der Waals surface area contributed by atoms with Crippen molar-refractivity contribution in [3.8, 4) is 11.5 Å². The first-order valence-corrected chi connectivity index (χ1v) is 8.76. The Morgan fingerprint density at radius 1 is 1.12 bits per heavy atom. The highest BCUT2D eigenvalue weighted by atomic mass is 16.5. The number of ether oxygens (including phenoxy) is 3. The molecule has 0 saturated heterocycles. The van der Waals surface area contributed by atoms with Gasteiger partial charge in [0.1, 0.15) is 12.4 Å². The van der Waals surface area contributed by atoms with Crippen LogP contribution >= 0.6 is 0 Å². The molecule has 1 N–H and O–H groups in total. The third-order valence-electron chi connectivity index (χ3n) is 4.14. The summed E-state index contributed by atoms with van der Waals surface area (Å²) >= 11 is 0. The Morgan fingerprint density at radius 2 is 1.88 bits per heavy atom. The van der Waals surface area contributed by atoms with E-state index in [9.17, 15) is 5.11 Å². The Hall–Kier alpha value is -2.02. The highest BCUT2D eigenvalue weighted by Gasteiger charge is 2.17. The van der Waals surface area contributed by atoms with Crippen molar-refractivity contribution >= 4 is 0 Å². The van der Waals surface area contributed by atoms with Crippen molar-refractivity contribution < 1.29 is 23.7 Å². The van der Waals surface area contributed by atoms with Gasteiger partial charge in [-0.05, 0) is 43.7 Å². The molecule has 0 unspecified atom stereocenters. The van der Waals surface area contributed by atoms with Crippen molar-refractivity contribution in [3.05, 3.63) is 47.9 Å². The number of benzene rings is 1. The molecule has 6 heteroatoms. The molecular formula is C20H29NO5. The van der Waals surface area contributed by atoms with Gasteiger partial charge in [0.05, 0.1) is 33.2 Å². The summed E-state index contributed by atoms with van der Waals surface area (Å²) in [6.07, 6.45) is 1.03. The lowest BCUT2D eigenvalue weighted by atomic mass is 10.1. The SMILES string of the molecule is COc1ccc(CN(C[C@H](O)COCc2ccco2)C(C)C)cc1OC. The zero-order chi connectivity index (χ0) is 18.9. The average Bonchev–Trinajstić information content (AvgIpc) is 3.14. The molecule has 0 bridgehead atoms. The van der Waals surface area contributed by atoms with E-state index in [0.717, 1.165) is 11.3 Å². The quantitative estimate of drug-likeness (QED) is 0.662. The van der Waals surface area contributed by atoms with Crippen LogP contribution in [0.25, 0.3) is 0 Å². The highest BCUT2D eigenvalue weighted by Crippen LogP contribution is 2.28. The van der Waals surface area contributed by atoms with Crippen LogP contribution in [0.4, 0.5) is 0 Å². The molecule has 0 aliphatic heterocycles. The molecule has 144 valence electrons. The number of hydrogen-bond acceptors (Lipinski definition) is 6. The summed E-state index contributed by atoms with van der Waals surface area (Å²) in [4.78, 5) is 2.20. The second kappa shape index (κ2) is 10.2. The first-order valence-electron chi connectivity index (χ1n) is 8.76. The summed E-state index contributed by atoms with van der Waals surface area (Å²) in [6, 6.07) is 9.82. The fourth-order valence-corrected chi connectivity index (χ4v) is 2.69. The lowest BCUT2D eigenvalue weighted by Crippen LogP contribution is -2.38. The molecule has 0 spiro atoms. The fraction of sp³-hybridized carbons (Fsp3) is 0.500. The standard InChI is InChI=1S/C20H29NO5/c1-15(2)21(11-16-7-8-19(23-3)20(10-16)24-4)12-17(22)13-25-14-18-6-5-9-26-18/h5-10,15,17,22H,11-14H2,1-4H3/t17-/m0/s1. The summed E-state index contributed by atoms with van der Waals surface area (Å²) in [7, 11) is 3.25. The van der Waals surface area contributed by atoms with Crippen molar-refractivity contribution in [2.75, 3.05) is 27.4 Å². The van der Waals surface area contributed by atoms with Gasteiger partial charge in [-0.15, -0.1) is 0 Å². The normalized spacial score (nSPS) is 12.6. The summed E-state index contributed by atoms with van der Waals surface area (Å²) in [5, 5.41) is 10.3. The number of rotatable bonds is 11. The average molecular weight is 363 g/mol. The molecule has 26 heavy (non-hydrogen) atoms. The number of methoxy groups -OCH3 is 2. The molecular weight excluding hydrogens is 334 g/mol. The van der Waals surface area contributed by atoms with Crippen molar-refractivity contribution in [2.45, 2.75) is 39.1 Å². The van der Waals surface area contributed by atoms with Crippen LogP contribution in [0.15, 0.2) is 41.0 Å². The van der Waals surface area contributed by atoms with E-state index >= 15 is 0 Å². The topological polar surface area (TPSA) is 64.3 Å². The molecule has 0 fully saturated rings. The Bertz CT molecular complexity index is 642. The predicted molar refractivity (Wildman–Crippen MR) is 99.5 cm³/mol. The number of hydrogen-bond donors (Lipinski definition) is 1. The number of nitrogens with zero attached hydrogens (tertiary/aromatic N) is 1. The Labute approximate surface area is 155 Å². The van der Waals surface area contributed by atoms with Crippen molar-refractivity contribution in [1.29, 1.82) is 0 Å². The number of furan rings is 1. The molecule has 1 aromatic carbocycles. The summed E-state index contributed by atoms with van der Waals surface area (Å²) in [5.41, 5.74) is 1.10. The first-order chi connectivity index (χ1) is 12.5. The molecule has 1 heterocycles. The summed E-state index contributed by atoms with van der Waals surface area (Å²) in [6.45, 7) is 6.06. The monoisotopic (exact) mass is 363 g/mol. The maximum absolute atomic E-state index is 10.3. The third kappa shape index (κ3) is 6.05. The molecule has 0 saturated carbocycles. The first kappa shape index (κ1) is 20.3. The van der Waals surface area contributed by atoms with E-state index in [1.807, 2.05) is 30.3 Å². The van der Waals surface area contributed by atoms with Crippen LogP contribution in [-0.2, 0) is 17.9 Å². The highest BCUT2D eigenvalue weighted by molar-refractivity contribution is 5.42. The molecule has 0 radical (unpaired) electrons. The molecule has 1 atom stereocenters. The summed E-state index contributed by atoms with van der Waals surface area (Å²) < 4.78 is 21.4. The van der Waals surface area contributed by atoms with E-state index < -0.39 is 6.10 Å². The largest absolute Gasteiger partial charge is 0.493 e. The Kier molecular flexibility index (Phi) is 7.97. The van der Waals surface area contributed by atoms with Gasteiger partial charge in [0.15, 0.2) is 11.5 Å². The van der Waals surface area contributed by atoms with Crippen LogP contribution < -0.4 is 9.47 Å². The minimum atomic E-state index is -0.576. The van der Waals surface area contributed by atoms with Gasteiger partial charge in [-0.3, -0.25) is 4.90 Å². The van der Waals surface area contributed by atoms with Gasteiger partial charge in [-0.1, -0.05) is 6.07 Å². The predicted octanol–water partition coefficient (Wildman–Crippen LogP) is 3.08.